The molecule has 0 N–H and O–H groups in total. The summed E-state index contributed by atoms with van der Waals surface area (Å²) in [6.45, 7) is 0.948. The molecule has 0 bridgehead atoms. The normalized spacial score (nSPS) is 28.7. The first-order chi connectivity index (χ1) is 30.1. The van der Waals surface area contributed by atoms with Crippen molar-refractivity contribution in [1.82, 2.24) is 0 Å². The van der Waals surface area contributed by atoms with Crippen LogP contribution in [0.15, 0.2) is 152 Å². The Morgan fingerprint density at radius 2 is 0.967 bits per heavy atom. The molecular weight excluding hydrogens is 781 g/mol. The van der Waals surface area contributed by atoms with Crippen LogP contribution in [0, 0.1) is 0 Å². The lowest BCUT2D eigenvalue weighted by molar-refractivity contribution is -0.397. The quantitative estimate of drug-likeness (QED) is 0.0891. The molecule has 12 heteroatoms. The van der Waals surface area contributed by atoms with Crippen LogP contribution in [0.4, 0.5) is 0 Å². The summed E-state index contributed by atoms with van der Waals surface area (Å²) >= 11 is 0. The minimum absolute atomic E-state index is 0.160. The molecule has 0 aromatic heterocycles. The number of hydrogen-bond donors (Lipinski definition) is 0. The highest BCUT2D eigenvalue weighted by molar-refractivity contribution is 5.75. The van der Waals surface area contributed by atoms with Crippen LogP contribution in [0.2, 0.25) is 0 Å². The second kappa shape index (κ2) is 21.3. The average Bonchev–Trinajstić information content (AvgIpc) is 3.32. The lowest BCUT2D eigenvalue weighted by Gasteiger charge is -2.51. The molecule has 320 valence electrons. The largest absolute Gasteiger partial charge is 0.467 e. The Balaban J connectivity index is 1.16. The molecule has 3 aliphatic heterocycles. The highest BCUT2D eigenvalue weighted by Gasteiger charge is 2.57. The number of ether oxygens (including phenoxy) is 11. The Kier molecular flexibility index (Phi) is 15.0. The topological polar surface area (TPSA) is 119 Å². The lowest BCUT2D eigenvalue weighted by Crippen LogP contribution is -2.67. The van der Waals surface area contributed by atoms with Crippen LogP contribution in [0.1, 0.15) is 34.1 Å². The van der Waals surface area contributed by atoms with E-state index in [9.17, 15) is 4.79 Å². The molecule has 3 aliphatic rings. The third-order valence-corrected chi connectivity index (χ3v) is 10.9. The molecule has 0 aliphatic carbocycles. The van der Waals surface area contributed by atoms with E-state index in [0.717, 1.165) is 27.8 Å². The van der Waals surface area contributed by atoms with Gasteiger partial charge in [0.2, 0.25) is 0 Å². The van der Waals surface area contributed by atoms with Crippen LogP contribution in [0.5, 0.6) is 0 Å². The van der Waals surface area contributed by atoms with Crippen molar-refractivity contribution in [3.05, 3.63) is 179 Å². The summed E-state index contributed by atoms with van der Waals surface area (Å²) in [6.07, 6.45) is -10.1. The fraction of sp³-hybridized carbons (Fsp3) is 0.367. The number of esters is 1. The van der Waals surface area contributed by atoms with Gasteiger partial charge in [-0.05, 0) is 22.3 Å². The Hall–Kier alpha value is -4.83. The molecule has 0 amide bonds. The molecule has 0 spiro atoms. The van der Waals surface area contributed by atoms with E-state index in [-0.39, 0.29) is 33.0 Å². The van der Waals surface area contributed by atoms with Crippen molar-refractivity contribution in [1.29, 1.82) is 0 Å². The van der Waals surface area contributed by atoms with Gasteiger partial charge < -0.3 is 52.1 Å². The first-order valence-corrected chi connectivity index (χ1v) is 20.6. The van der Waals surface area contributed by atoms with Gasteiger partial charge in [-0.25, -0.2) is 4.79 Å². The molecule has 61 heavy (non-hydrogen) atoms. The predicted octanol–water partition coefficient (Wildman–Crippen LogP) is 7.10. The Morgan fingerprint density at radius 1 is 0.508 bits per heavy atom. The van der Waals surface area contributed by atoms with E-state index >= 15 is 0 Å². The molecule has 3 heterocycles. The molecule has 5 aromatic rings. The van der Waals surface area contributed by atoms with Crippen molar-refractivity contribution in [2.75, 3.05) is 20.8 Å². The van der Waals surface area contributed by atoms with E-state index in [1.807, 2.05) is 152 Å². The van der Waals surface area contributed by atoms with E-state index < -0.39 is 73.7 Å². The standard InChI is InChI=1S/C49H52O12/c1-51-46(50)43-41(54-29-34-20-10-4-11-21-34)42(55-30-35-22-12-5-13-23-35)44(56-31-36-24-14-6-15-25-36)49(60-43)61-45-40(53-28-33-18-8-3-9-19-33)39-38(58-48(45)52-2)32-57-47(59-39)37-26-16-7-17-27-37/h3-27,38-45,47-49H,28-32H2,1-2H3/t38-,39-,40+,41+,42+,43+,44-,45+,47-,48+,49-/m1/s1. The highest BCUT2D eigenvalue weighted by atomic mass is 16.8. The minimum Gasteiger partial charge on any atom is -0.467 e. The molecule has 3 fully saturated rings. The second-order valence-electron chi connectivity index (χ2n) is 15.0. The van der Waals surface area contributed by atoms with Crippen molar-refractivity contribution in [3.8, 4) is 0 Å². The molecular formula is C49H52O12. The summed E-state index contributed by atoms with van der Waals surface area (Å²) < 4.78 is 71.6. The number of carbonyl (C=O) groups excluding carboxylic acids is 1. The fourth-order valence-corrected chi connectivity index (χ4v) is 7.85. The van der Waals surface area contributed by atoms with Crippen LogP contribution in [-0.2, 0) is 83.3 Å². The van der Waals surface area contributed by atoms with Crippen molar-refractivity contribution in [2.24, 2.45) is 0 Å². The van der Waals surface area contributed by atoms with Crippen molar-refractivity contribution >= 4 is 5.97 Å². The van der Waals surface area contributed by atoms with Gasteiger partial charge in [0.1, 0.15) is 42.7 Å². The van der Waals surface area contributed by atoms with Crippen LogP contribution in [0.3, 0.4) is 0 Å². The van der Waals surface area contributed by atoms with E-state index in [1.54, 1.807) is 0 Å². The molecule has 5 aromatic carbocycles. The maximum atomic E-state index is 13.8. The molecule has 0 saturated carbocycles. The van der Waals surface area contributed by atoms with Crippen LogP contribution >= 0.6 is 0 Å². The van der Waals surface area contributed by atoms with Crippen LogP contribution < -0.4 is 0 Å². The van der Waals surface area contributed by atoms with E-state index in [1.165, 1.54) is 14.2 Å². The number of rotatable bonds is 17. The maximum Gasteiger partial charge on any atom is 0.337 e. The molecule has 11 atom stereocenters. The van der Waals surface area contributed by atoms with Crippen molar-refractivity contribution < 1.29 is 56.9 Å². The summed E-state index contributed by atoms with van der Waals surface area (Å²) in [5.74, 6) is -0.667. The monoisotopic (exact) mass is 832 g/mol. The lowest BCUT2D eigenvalue weighted by atomic mass is 9.95. The van der Waals surface area contributed by atoms with Crippen molar-refractivity contribution in [3.63, 3.8) is 0 Å². The number of fused-ring (bicyclic) bond motifs is 1. The molecule has 8 rings (SSSR count). The Labute approximate surface area is 356 Å². The molecule has 0 radical (unpaired) electrons. The van der Waals surface area contributed by atoms with Gasteiger partial charge in [-0.2, -0.15) is 0 Å². The average molecular weight is 833 g/mol. The first-order valence-electron chi connectivity index (χ1n) is 20.6. The van der Waals surface area contributed by atoms with Gasteiger partial charge in [-0.3, -0.25) is 0 Å². The van der Waals surface area contributed by atoms with Gasteiger partial charge in [0.05, 0.1) is 40.1 Å². The first kappa shape index (κ1) is 42.8. The summed E-state index contributed by atoms with van der Waals surface area (Å²) in [6, 6.07) is 48.7. The molecule has 12 nitrogen and oxygen atoms in total. The summed E-state index contributed by atoms with van der Waals surface area (Å²) in [4.78, 5) is 13.8. The van der Waals surface area contributed by atoms with Gasteiger partial charge in [-0.1, -0.05) is 152 Å². The van der Waals surface area contributed by atoms with Gasteiger partial charge in [0, 0.05) is 12.7 Å². The summed E-state index contributed by atoms with van der Waals surface area (Å²) in [7, 11) is 2.84. The van der Waals surface area contributed by atoms with Crippen LogP contribution in [-0.4, -0.2) is 88.2 Å². The smallest absolute Gasteiger partial charge is 0.337 e. The van der Waals surface area contributed by atoms with Gasteiger partial charge >= 0.3 is 5.97 Å². The third-order valence-electron chi connectivity index (χ3n) is 10.9. The predicted molar refractivity (Wildman–Crippen MR) is 221 cm³/mol. The Bertz CT molecular complexity index is 2040. The van der Waals surface area contributed by atoms with E-state index in [4.69, 9.17) is 52.1 Å². The summed E-state index contributed by atoms with van der Waals surface area (Å²) in [5.41, 5.74) is 4.51. The number of hydrogen-bond acceptors (Lipinski definition) is 12. The SMILES string of the molecule is COC(=O)[C@H]1O[C@H](O[C@@H]2[C@@H](OC)O[C@@H]3CO[C@@H](c4ccccc4)O[C@H]3[C@@H]2OCc2ccccc2)[C@H](OCc2ccccc2)[C@@H](OCc2ccccc2)[C@@H]1OCc1ccccc1. The van der Waals surface area contributed by atoms with Gasteiger partial charge in [0.25, 0.3) is 0 Å². The highest BCUT2D eigenvalue weighted by Crippen LogP contribution is 2.39. The Morgan fingerprint density at radius 3 is 1.46 bits per heavy atom. The summed E-state index contributed by atoms with van der Waals surface area (Å²) in [5, 5.41) is 0. The zero-order valence-corrected chi connectivity index (χ0v) is 34.2. The van der Waals surface area contributed by atoms with Gasteiger partial charge in [-0.15, -0.1) is 0 Å². The zero-order chi connectivity index (χ0) is 41.8. The fourth-order valence-electron chi connectivity index (χ4n) is 7.85. The number of benzene rings is 5. The number of carbonyl (C=O) groups is 1. The maximum absolute atomic E-state index is 13.8. The third kappa shape index (κ3) is 10.8. The van der Waals surface area contributed by atoms with Crippen molar-refractivity contribution in [2.45, 2.75) is 94.1 Å². The molecule has 0 unspecified atom stereocenters. The van der Waals surface area contributed by atoms with E-state index in [0.29, 0.717) is 0 Å². The van der Waals surface area contributed by atoms with Gasteiger partial charge in [0.15, 0.2) is 25.0 Å². The second-order valence-corrected chi connectivity index (χ2v) is 15.0. The van der Waals surface area contributed by atoms with E-state index in [2.05, 4.69) is 0 Å². The minimum atomic E-state index is -1.29. The molecule has 3 saturated heterocycles. The number of methoxy groups -OCH3 is 2. The zero-order valence-electron chi connectivity index (χ0n) is 34.2. The van der Waals surface area contributed by atoms with Crippen LogP contribution in [0.25, 0.3) is 0 Å².